The molecule has 1 aromatic heterocycles. The Morgan fingerprint density at radius 3 is 2.39 bits per heavy atom. The van der Waals surface area contributed by atoms with Gasteiger partial charge in [0.1, 0.15) is 11.6 Å². The number of piperidine rings is 1. The number of hydrogen-bond acceptors (Lipinski definition) is 3. The van der Waals surface area contributed by atoms with Gasteiger partial charge in [-0.2, -0.15) is 0 Å². The lowest BCUT2D eigenvalue weighted by molar-refractivity contribution is 0.0443. The summed E-state index contributed by atoms with van der Waals surface area (Å²) in [6.45, 7) is 1.12. The van der Waals surface area contributed by atoms with Crippen molar-refractivity contribution in [3.05, 3.63) is 83.9 Å². The second kappa shape index (κ2) is 7.98. The van der Waals surface area contributed by atoms with Crippen molar-refractivity contribution in [2.45, 2.75) is 18.9 Å². The van der Waals surface area contributed by atoms with Crippen molar-refractivity contribution in [3.63, 3.8) is 0 Å². The molecule has 0 saturated carbocycles. The first kappa shape index (κ1) is 18.4. The minimum atomic E-state index is -0.519. The van der Waals surface area contributed by atoms with Crippen molar-refractivity contribution in [3.8, 4) is 11.3 Å². The van der Waals surface area contributed by atoms with E-state index in [0.29, 0.717) is 24.4 Å². The molecule has 2 aromatic carbocycles. The number of rotatable bonds is 4. The van der Waals surface area contributed by atoms with E-state index in [4.69, 9.17) is 4.42 Å². The fraction of sp³-hybridized carbons (Fsp3) is 0.261. The Morgan fingerprint density at radius 1 is 1.00 bits per heavy atom. The summed E-state index contributed by atoms with van der Waals surface area (Å²) >= 11 is 0. The molecule has 1 unspecified atom stereocenters. The Bertz CT molecular complexity index is 945. The number of aliphatic hydroxyl groups excluding tert-OH is 1. The van der Waals surface area contributed by atoms with Crippen molar-refractivity contribution in [2.24, 2.45) is 5.92 Å². The minimum Gasteiger partial charge on any atom is -0.451 e. The summed E-state index contributed by atoms with van der Waals surface area (Å²) in [5, 5.41) is 10.6. The van der Waals surface area contributed by atoms with Crippen LogP contribution in [0.2, 0.25) is 0 Å². The number of nitrogens with zero attached hydrogens (tertiary/aromatic N) is 1. The van der Waals surface area contributed by atoms with Gasteiger partial charge in [0.2, 0.25) is 0 Å². The largest absolute Gasteiger partial charge is 0.451 e. The molecule has 2 heterocycles. The van der Waals surface area contributed by atoms with Crippen LogP contribution in [0.4, 0.5) is 4.39 Å². The van der Waals surface area contributed by atoms with Crippen LogP contribution in [-0.2, 0) is 0 Å². The first-order valence-corrected chi connectivity index (χ1v) is 9.50. The van der Waals surface area contributed by atoms with Gasteiger partial charge in [-0.15, -0.1) is 0 Å². The smallest absolute Gasteiger partial charge is 0.289 e. The Hall–Kier alpha value is -2.92. The molecule has 3 aromatic rings. The van der Waals surface area contributed by atoms with Gasteiger partial charge in [0.15, 0.2) is 5.76 Å². The average molecular weight is 379 g/mol. The van der Waals surface area contributed by atoms with Crippen LogP contribution < -0.4 is 0 Å². The van der Waals surface area contributed by atoms with Gasteiger partial charge in [-0.3, -0.25) is 4.79 Å². The maximum Gasteiger partial charge on any atom is 0.289 e. The third-order valence-electron chi connectivity index (χ3n) is 5.37. The number of amides is 1. The summed E-state index contributed by atoms with van der Waals surface area (Å²) in [5.74, 6) is 0.0926. The molecule has 1 N–H and O–H groups in total. The monoisotopic (exact) mass is 379 g/mol. The van der Waals surface area contributed by atoms with E-state index in [-0.39, 0.29) is 23.4 Å². The molecule has 28 heavy (non-hydrogen) atoms. The van der Waals surface area contributed by atoms with Crippen molar-refractivity contribution in [1.82, 2.24) is 4.90 Å². The van der Waals surface area contributed by atoms with Crippen molar-refractivity contribution < 1.29 is 18.7 Å². The zero-order chi connectivity index (χ0) is 19.5. The predicted octanol–water partition coefficient (Wildman–Crippen LogP) is 4.67. The Kier molecular flexibility index (Phi) is 5.26. The van der Waals surface area contributed by atoms with Gasteiger partial charge in [-0.1, -0.05) is 42.5 Å². The summed E-state index contributed by atoms with van der Waals surface area (Å²) < 4.78 is 19.5. The molecule has 4 nitrogen and oxygen atoms in total. The Morgan fingerprint density at radius 2 is 1.68 bits per heavy atom. The molecular weight excluding hydrogens is 357 g/mol. The molecule has 1 aliphatic heterocycles. The standard InChI is InChI=1S/C23H22FNO3/c24-19-9-5-4-8-18(19)20-10-11-21(28-20)23(27)25-14-12-17(13-15-25)22(26)16-6-2-1-3-7-16/h1-11,17,22,26H,12-15H2. The van der Waals surface area contributed by atoms with Crippen LogP contribution >= 0.6 is 0 Å². The highest BCUT2D eigenvalue weighted by Gasteiger charge is 2.29. The summed E-state index contributed by atoms with van der Waals surface area (Å²) in [6, 6.07) is 19.2. The van der Waals surface area contributed by atoms with Gasteiger partial charge in [-0.05, 0) is 48.6 Å². The third-order valence-corrected chi connectivity index (χ3v) is 5.37. The number of carbonyl (C=O) groups excluding carboxylic acids is 1. The molecule has 4 rings (SSSR count). The molecule has 0 bridgehead atoms. The molecule has 1 aliphatic rings. The van der Waals surface area contributed by atoms with Crippen LogP contribution in [0, 0.1) is 11.7 Å². The average Bonchev–Trinajstić information content (AvgIpc) is 3.24. The van der Waals surface area contributed by atoms with Crippen molar-refractivity contribution in [1.29, 1.82) is 0 Å². The Labute approximate surface area is 163 Å². The molecule has 0 radical (unpaired) electrons. The van der Waals surface area contributed by atoms with Gasteiger partial charge in [-0.25, -0.2) is 4.39 Å². The van der Waals surface area contributed by atoms with Gasteiger partial charge in [0.05, 0.1) is 11.7 Å². The number of benzene rings is 2. The lowest BCUT2D eigenvalue weighted by atomic mass is 9.87. The van der Waals surface area contributed by atoms with Gasteiger partial charge < -0.3 is 14.4 Å². The number of aliphatic hydroxyl groups is 1. The molecule has 1 saturated heterocycles. The number of likely N-dealkylation sites (tertiary alicyclic amines) is 1. The third kappa shape index (κ3) is 3.71. The maximum atomic E-state index is 13.9. The lowest BCUT2D eigenvalue weighted by Gasteiger charge is -2.34. The van der Waals surface area contributed by atoms with E-state index < -0.39 is 6.10 Å². The van der Waals surface area contributed by atoms with Crippen LogP contribution in [0.25, 0.3) is 11.3 Å². The molecule has 5 heteroatoms. The molecule has 0 spiro atoms. The second-order valence-corrected chi connectivity index (χ2v) is 7.13. The van der Waals surface area contributed by atoms with E-state index in [2.05, 4.69) is 0 Å². The first-order valence-electron chi connectivity index (χ1n) is 9.50. The zero-order valence-electron chi connectivity index (χ0n) is 15.4. The van der Waals surface area contributed by atoms with Crippen LogP contribution in [0.1, 0.15) is 35.1 Å². The zero-order valence-corrected chi connectivity index (χ0v) is 15.4. The number of hydrogen-bond donors (Lipinski definition) is 1. The second-order valence-electron chi connectivity index (χ2n) is 7.13. The quantitative estimate of drug-likeness (QED) is 0.717. The summed E-state index contributed by atoms with van der Waals surface area (Å²) in [6.07, 6.45) is 0.931. The highest BCUT2D eigenvalue weighted by atomic mass is 19.1. The molecule has 1 fully saturated rings. The molecule has 1 amide bonds. The highest BCUT2D eigenvalue weighted by Crippen LogP contribution is 2.32. The van der Waals surface area contributed by atoms with E-state index in [1.54, 1.807) is 35.2 Å². The van der Waals surface area contributed by atoms with Crippen LogP contribution in [-0.4, -0.2) is 29.0 Å². The molecular formula is C23H22FNO3. The topological polar surface area (TPSA) is 53.7 Å². The van der Waals surface area contributed by atoms with Crippen LogP contribution in [0.15, 0.2) is 71.1 Å². The fourth-order valence-electron chi connectivity index (χ4n) is 3.76. The van der Waals surface area contributed by atoms with E-state index in [1.165, 1.54) is 6.07 Å². The van der Waals surface area contributed by atoms with Gasteiger partial charge >= 0.3 is 0 Å². The summed E-state index contributed by atoms with van der Waals surface area (Å²) in [5.41, 5.74) is 1.25. The minimum absolute atomic E-state index is 0.122. The van der Waals surface area contributed by atoms with Gasteiger partial charge in [0.25, 0.3) is 5.91 Å². The Balaban J connectivity index is 1.40. The molecule has 0 aliphatic carbocycles. The van der Waals surface area contributed by atoms with E-state index in [9.17, 15) is 14.3 Å². The lowest BCUT2D eigenvalue weighted by Crippen LogP contribution is -2.39. The van der Waals surface area contributed by atoms with Gasteiger partial charge in [0, 0.05) is 13.1 Å². The van der Waals surface area contributed by atoms with E-state index >= 15 is 0 Å². The summed E-state index contributed by atoms with van der Waals surface area (Å²) in [4.78, 5) is 14.5. The molecule has 1 atom stereocenters. The van der Waals surface area contributed by atoms with Crippen LogP contribution in [0.5, 0.6) is 0 Å². The van der Waals surface area contributed by atoms with Crippen LogP contribution in [0.3, 0.4) is 0 Å². The number of halogens is 1. The van der Waals surface area contributed by atoms with E-state index in [1.807, 2.05) is 30.3 Å². The number of carbonyl (C=O) groups is 1. The normalized spacial score (nSPS) is 16.1. The SMILES string of the molecule is O=C(c1ccc(-c2ccccc2F)o1)N1CCC(C(O)c2ccccc2)CC1. The highest BCUT2D eigenvalue weighted by molar-refractivity contribution is 5.92. The first-order chi connectivity index (χ1) is 13.6. The van der Waals surface area contributed by atoms with Crippen molar-refractivity contribution in [2.75, 3.05) is 13.1 Å². The number of furan rings is 1. The fourth-order valence-corrected chi connectivity index (χ4v) is 3.76. The summed E-state index contributed by atoms with van der Waals surface area (Å²) in [7, 11) is 0. The van der Waals surface area contributed by atoms with Crippen molar-refractivity contribution >= 4 is 5.91 Å². The maximum absolute atomic E-state index is 13.9. The molecule has 144 valence electrons. The van der Waals surface area contributed by atoms with E-state index in [0.717, 1.165) is 18.4 Å². The predicted molar refractivity (Wildman–Crippen MR) is 104 cm³/mol.